The van der Waals surface area contributed by atoms with Crippen LogP contribution in [0.15, 0.2) is 55.1 Å². The van der Waals surface area contributed by atoms with Gasteiger partial charge in [0.25, 0.3) is 0 Å². The Morgan fingerprint density at radius 2 is 2.13 bits per heavy atom. The van der Waals surface area contributed by atoms with E-state index in [2.05, 4.69) is 6.58 Å². The number of hydrogen-bond donors (Lipinski definition) is 0. The van der Waals surface area contributed by atoms with E-state index in [1.165, 1.54) is 0 Å². The first-order chi connectivity index (χ1) is 11.1. The molecule has 0 saturated carbocycles. The number of benzene rings is 1. The van der Waals surface area contributed by atoms with E-state index < -0.39 is 29.5 Å². The molecule has 0 N–H and O–H groups in total. The van der Waals surface area contributed by atoms with Gasteiger partial charge in [0.05, 0.1) is 18.1 Å². The minimum absolute atomic E-state index is 0.218. The van der Waals surface area contributed by atoms with Crippen molar-refractivity contribution in [3.05, 3.63) is 55.1 Å². The highest BCUT2D eigenvalue weighted by atomic mass is 16.5. The summed E-state index contributed by atoms with van der Waals surface area (Å²) in [5.74, 6) is -3.13. The molecule has 5 nitrogen and oxygen atoms in total. The number of ether oxygens (including phenoxy) is 1. The molecule has 1 amide bonds. The van der Waals surface area contributed by atoms with Gasteiger partial charge < -0.3 is 19.5 Å². The number of nitrogens with zero attached hydrogens (tertiary/aromatic N) is 1. The smallest absolute Gasteiger partial charge is 0.234 e. The number of carbonyl (C=O) groups is 2. The zero-order valence-electron chi connectivity index (χ0n) is 12.4. The van der Waals surface area contributed by atoms with Crippen LogP contribution in [0.5, 0.6) is 0 Å². The minimum Gasteiger partial charge on any atom is -0.550 e. The predicted molar refractivity (Wildman–Crippen MR) is 81.3 cm³/mol. The first-order valence-corrected chi connectivity index (χ1v) is 7.67. The zero-order chi connectivity index (χ0) is 16.2. The minimum atomic E-state index is -1.23. The van der Waals surface area contributed by atoms with Crippen LogP contribution in [0.3, 0.4) is 0 Å². The van der Waals surface area contributed by atoms with E-state index >= 15 is 0 Å². The standard InChI is InChI=1S/C18H17NO4/c1-2-6-13-18-10-9-12(23-18)14(17(21)22)15(18)16(20)19(13)11-7-4-3-5-8-11/h2-5,7-10,12-15H,1,6H2,(H,21,22)/p-1/t12-,13-,14-,15-,18+/m0/s1. The lowest BCUT2D eigenvalue weighted by atomic mass is 9.74. The molecule has 0 aromatic heterocycles. The number of carboxylic acids is 1. The van der Waals surface area contributed by atoms with Crippen LogP contribution in [0.2, 0.25) is 0 Å². The molecule has 1 aromatic rings. The zero-order valence-corrected chi connectivity index (χ0v) is 12.4. The molecule has 0 radical (unpaired) electrons. The second-order valence-corrected chi connectivity index (χ2v) is 6.20. The molecular formula is C18H16NO4-. The molecular weight excluding hydrogens is 294 g/mol. The largest absolute Gasteiger partial charge is 0.550 e. The fraction of sp³-hybridized carbons (Fsp3) is 0.333. The Morgan fingerprint density at radius 3 is 2.78 bits per heavy atom. The van der Waals surface area contributed by atoms with Gasteiger partial charge >= 0.3 is 0 Å². The molecule has 4 rings (SSSR count). The summed E-state index contributed by atoms with van der Waals surface area (Å²) in [5.41, 5.74) is -0.165. The Balaban J connectivity index is 1.85. The maximum absolute atomic E-state index is 13.1. The summed E-state index contributed by atoms with van der Waals surface area (Å²) in [7, 11) is 0. The molecule has 2 fully saturated rings. The van der Waals surface area contributed by atoms with Gasteiger partial charge in [-0.3, -0.25) is 4.79 Å². The summed E-state index contributed by atoms with van der Waals surface area (Å²) < 4.78 is 6.00. The van der Waals surface area contributed by atoms with Crippen LogP contribution in [0.4, 0.5) is 5.69 Å². The first kappa shape index (κ1) is 14.2. The molecule has 118 valence electrons. The molecule has 3 aliphatic rings. The summed E-state index contributed by atoms with van der Waals surface area (Å²) in [6, 6.07) is 8.96. The molecule has 0 unspecified atom stereocenters. The Labute approximate surface area is 133 Å². The SMILES string of the molecule is C=CC[C@@H]1N(c2ccccc2)C(=O)[C@@H]2[C@@H](C(=O)[O-])[C@@H]3C=C[C@]21O3. The van der Waals surface area contributed by atoms with Crippen LogP contribution in [-0.4, -0.2) is 29.6 Å². The Bertz CT molecular complexity index is 713. The second kappa shape index (κ2) is 4.80. The van der Waals surface area contributed by atoms with Crippen LogP contribution in [-0.2, 0) is 14.3 Å². The van der Waals surface area contributed by atoms with Crippen molar-refractivity contribution in [2.75, 3.05) is 4.90 Å². The number of anilines is 1. The number of rotatable bonds is 4. The van der Waals surface area contributed by atoms with Crippen molar-refractivity contribution in [2.24, 2.45) is 11.8 Å². The van der Waals surface area contributed by atoms with Gasteiger partial charge in [0.2, 0.25) is 5.91 Å². The average molecular weight is 310 g/mol. The lowest BCUT2D eigenvalue weighted by Crippen LogP contribution is -2.46. The average Bonchev–Trinajstić information content (AvgIpc) is 3.18. The van der Waals surface area contributed by atoms with Gasteiger partial charge in [0.15, 0.2) is 0 Å². The molecule has 1 aromatic carbocycles. The summed E-state index contributed by atoms with van der Waals surface area (Å²) in [4.78, 5) is 26.3. The molecule has 5 atom stereocenters. The number of hydrogen-bond acceptors (Lipinski definition) is 4. The maximum Gasteiger partial charge on any atom is 0.234 e. The highest BCUT2D eigenvalue weighted by Gasteiger charge is 2.69. The fourth-order valence-corrected chi connectivity index (χ4v) is 4.26. The molecule has 0 aliphatic carbocycles. The third-order valence-corrected chi connectivity index (χ3v) is 5.12. The van der Waals surface area contributed by atoms with Crippen molar-refractivity contribution in [1.29, 1.82) is 0 Å². The molecule has 3 aliphatic heterocycles. The summed E-state index contributed by atoms with van der Waals surface area (Å²) >= 11 is 0. The Hall–Kier alpha value is -2.40. The van der Waals surface area contributed by atoms with Crippen LogP contribution >= 0.6 is 0 Å². The Kier molecular flexibility index (Phi) is 2.96. The molecule has 3 heterocycles. The molecule has 1 spiro atoms. The summed E-state index contributed by atoms with van der Waals surface area (Å²) in [5, 5.41) is 11.6. The van der Waals surface area contributed by atoms with Crippen LogP contribution in [0.1, 0.15) is 6.42 Å². The fourth-order valence-electron chi connectivity index (χ4n) is 4.26. The van der Waals surface area contributed by atoms with Gasteiger partial charge in [-0.25, -0.2) is 0 Å². The van der Waals surface area contributed by atoms with E-state index in [9.17, 15) is 14.7 Å². The van der Waals surface area contributed by atoms with Crippen molar-refractivity contribution in [2.45, 2.75) is 24.2 Å². The molecule has 23 heavy (non-hydrogen) atoms. The highest BCUT2D eigenvalue weighted by Crippen LogP contribution is 2.56. The third kappa shape index (κ3) is 1.71. The van der Waals surface area contributed by atoms with Crippen molar-refractivity contribution < 1.29 is 19.4 Å². The van der Waals surface area contributed by atoms with E-state index in [0.717, 1.165) is 5.69 Å². The first-order valence-electron chi connectivity index (χ1n) is 7.67. The quantitative estimate of drug-likeness (QED) is 0.766. The number of carboxylic acid groups (broad SMARTS) is 1. The number of carbonyl (C=O) groups excluding carboxylic acids is 2. The van der Waals surface area contributed by atoms with Crippen LogP contribution in [0, 0.1) is 11.8 Å². The van der Waals surface area contributed by atoms with Gasteiger partial charge in [-0.05, 0) is 18.6 Å². The van der Waals surface area contributed by atoms with Gasteiger partial charge in [0.1, 0.15) is 5.60 Å². The van der Waals surface area contributed by atoms with E-state index in [-0.39, 0.29) is 11.9 Å². The van der Waals surface area contributed by atoms with Gasteiger partial charge in [-0.1, -0.05) is 36.4 Å². The van der Waals surface area contributed by atoms with Gasteiger partial charge in [-0.2, -0.15) is 0 Å². The normalized spacial score (nSPS) is 37.2. The highest BCUT2D eigenvalue weighted by molar-refractivity contribution is 6.03. The van der Waals surface area contributed by atoms with Crippen LogP contribution < -0.4 is 10.0 Å². The van der Waals surface area contributed by atoms with Crippen molar-refractivity contribution >= 4 is 17.6 Å². The number of aliphatic carboxylic acids is 1. The third-order valence-electron chi connectivity index (χ3n) is 5.12. The molecule has 2 saturated heterocycles. The molecule has 2 bridgehead atoms. The van der Waals surface area contributed by atoms with E-state index in [1.807, 2.05) is 36.4 Å². The number of amides is 1. The van der Waals surface area contributed by atoms with E-state index in [1.54, 1.807) is 17.1 Å². The lowest BCUT2D eigenvalue weighted by molar-refractivity contribution is -0.313. The van der Waals surface area contributed by atoms with Crippen molar-refractivity contribution in [1.82, 2.24) is 0 Å². The monoisotopic (exact) mass is 310 g/mol. The number of para-hydroxylation sites is 1. The number of fused-ring (bicyclic) bond motifs is 1. The maximum atomic E-state index is 13.1. The second-order valence-electron chi connectivity index (χ2n) is 6.20. The van der Waals surface area contributed by atoms with Crippen molar-refractivity contribution in [3.63, 3.8) is 0 Å². The van der Waals surface area contributed by atoms with E-state index in [4.69, 9.17) is 4.74 Å². The van der Waals surface area contributed by atoms with Crippen LogP contribution in [0.25, 0.3) is 0 Å². The Morgan fingerprint density at radius 1 is 1.39 bits per heavy atom. The lowest BCUT2D eigenvalue weighted by Gasteiger charge is -2.32. The predicted octanol–water partition coefficient (Wildman–Crippen LogP) is 0.668. The molecule has 5 heteroatoms. The summed E-state index contributed by atoms with van der Waals surface area (Å²) in [6.45, 7) is 3.78. The van der Waals surface area contributed by atoms with Gasteiger partial charge in [0, 0.05) is 17.6 Å². The van der Waals surface area contributed by atoms with Crippen molar-refractivity contribution in [3.8, 4) is 0 Å². The van der Waals surface area contributed by atoms with Gasteiger partial charge in [-0.15, -0.1) is 6.58 Å². The summed E-state index contributed by atoms with van der Waals surface area (Å²) in [6.07, 6.45) is 5.28. The van der Waals surface area contributed by atoms with E-state index in [0.29, 0.717) is 6.42 Å². The topological polar surface area (TPSA) is 69.7 Å².